The fourth-order valence-electron chi connectivity index (χ4n) is 3.14. The molecule has 2 bridgehead atoms. The molecule has 90 valence electrons. The van der Waals surface area contributed by atoms with Crippen molar-refractivity contribution in [3.05, 3.63) is 29.8 Å². The van der Waals surface area contributed by atoms with Crippen molar-refractivity contribution >= 4 is 11.5 Å². The van der Waals surface area contributed by atoms with Crippen LogP contribution >= 0.6 is 0 Å². The highest BCUT2D eigenvalue weighted by Gasteiger charge is 2.39. The van der Waals surface area contributed by atoms with Crippen LogP contribution in [0.3, 0.4) is 0 Å². The van der Waals surface area contributed by atoms with Gasteiger partial charge < -0.3 is 4.90 Å². The largest absolute Gasteiger partial charge is 0.367 e. The van der Waals surface area contributed by atoms with Gasteiger partial charge in [-0.3, -0.25) is 4.79 Å². The maximum Gasteiger partial charge on any atom is 0.139 e. The van der Waals surface area contributed by atoms with Crippen LogP contribution < -0.4 is 4.90 Å². The summed E-state index contributed by atoms with van der Waals surface area (Å²) < 4.78 is 0. The zero-order valence-corrected chi connectivity index (χ0v) is 10.4. The molecule has 2 saturated heterocycles. The van der Waals surface area contributed by atoms with E-state index in [9.17, 15) is 4.79 Å². The average molecular weight is 229 g/mol. The summed E-state index contributed by atoms with van der Waals surface area (Å²) in [6.07, 6.45) is 4.14. The molecule has 2 nitrogen and oxygen atoms in total. The Balaban J connectivity index is 1.82. The second kappa shape index (κ2) is 4.17. The molecule has 3 aliphatic rings. The van der Waals surface area contributed by atoms with Gasteiger partial charge in [0.15, 0.2) is 0 Å². The maximum absolute atomic E-state index is 11.7. The minimum atomic E-state index is 0.297. The first-order chi connectivity index (χ1) is 8.28. The number of aryl methyl sites for hydroxylation is 1. The maximum atomic E-state index is 11.7. The van der Waals surface area contributed by atoms with Crippen molar-refractivity contribution < 1.29 is 4.79 Å². The van der Waals surface area contributed by atoms with Gasteiger partial charge in [-0.25, -0.2) is 0 Å². The van der Waals surface area contributed by atoms with Gasteiger partial charge in [-0.2, -0.15) is 0 Å². The zero-order chi connectivity index (χ0) is 11.8. The molecule has 1 aromatic rings. The lowest BCUT2D eigenvalue weighted by Gasteiger charge is -2.45. The Morgan fingerprint density at radius 1 is 1.24 bits per heavy atom. The molecular formula is C15H19NO. The summed E-state index contributed by atoms with van der Waals surface area (Å²) in [4.78, 5) is 14.1. The Kier molecular flexibility index (Phi) is 2.65. The van der Waals surface area contributed by atoms with Crippen LogP contribution in [-0.4, -0.2) is 18.4 Å². The molecule has 0 spiro atoms. The molecule has 2 aliphatic heterocycles. The number of anilines is 1. The van der Waals surface area contributed by atoms with Crippen molar-refractivity contribution in [3.8, 4) is 0 Å². The molecular weight excluding hydrogens is 210 g/mol. The fraction of sp³-hybridized carbons (Fsp3) is 0.533. The molecule has 0 N–H and O–H groups in total. The number of nitrogens with zero attached hydrogens (tertiary/aromatic N) is 1. The molecule has 3 fully saturated rings. The number of benzene rings is 1. The summed E-state index contributed by atoms with van der Waals surface area (Å²) in [7, 11) is 0. The summed E-state index contributed by atoms with van der Waals surface area (Å²) in [6, 6.07) is 9.30. The number of rotatable bonds is 2. The van der Waals surface area contributed by atoms with E-state index < -0.39 is 0 Å². The Morgan fingerprint density at radius 3 is 2.53 bits per heavy atom. The molecule has 1 saturated carbocycles. The fourth-order valence-corrected chi connectivity index (χ4v) is 3.14. The lowest BCUT2D eigenvalue weighted by Crippen LogP contribution is -2.52. The third kappa shape index (κ3) is 1.86. The monoisotopic (exact) mass is 229 g/mol. The van der Waals surface area contributed by atoms with Crippen LogP contribution in [0.1, 0.15) is 31.7 Å². The number of fused-ring (bicyclic) bond motifs is 3. The Morgan fingerprint density at radius 2 is 2.00 bits per heavy atom. The minimum absolute atomic E-state index is 0.297. The van der Waals surface area contributed by atoms with Gasteiger partial charge >= 0.3 is 0 Å². The smallest absolute Gasteiger partial charge is 0.139 e. The topological polar surface area (TPSA) is 20.3 Å². The van der Waals surface area contributed by atoms with Crippen LogP contribution in [0.2, 0.25) is 0 Å². The first kappa shape index (κ1) is 10.8. The predicted molar refractivity (Wildman–Crippen MR) is 69.3 cm³/mol. The van der Waals surface area contributed by atoms with E-state index in [-0.39, 0.29) is 0 Å². The van der Waals surface area contributed by atoms with Crippen LogP contribution in [-0.2, 0) is 11.2 Å². The second-order valence-electron chi connectivity index (χ2n) is 5.27. The van der Waals surface area contributed by atoms with Crippen LogP contribution in [0, 0.1) is 5.92 Å². The molecule has 2 heterocycles. The molecule has 0 radical (unpaired) electrons. The summed E-state index contributed by atoms with van der Waals surface area (Å²) in [6.45, 7) is 3.12. The van der Waals surface area contributed by atoms with Gasteiger partial charge in [0.25, 0.3) is 0 Å². The quantitative estimate of drug-likeness (QED) is 0.777. The lowest BCUT2D eigenvalue weighted by molar-refractivity contribution is -0.126. The van der Waals surface area contributed by atoms with Crippen molar-refractivity contribution in [2.75, 3.05) is 11.4 Å². The Hall–Kier alpha value is -1.31. The van der Waals surface area contributed by atoms with Crippen LogP contribution in [0.25, 0.3) is 0 Å². The zero-order valence-electron chi connectivity index (χ0n) is 10.4. The number of Topliss-reactive ketones (excluding diaryl/α,β-unsaturated/α-hetero) is 1. The van der Waals surface area contributed by atoms with E-state index in [2.05, 4.69) is 36.1 Å². The van der Waals surface area contributed by atoms with Crippen molar-refractivity contribution in [2.45, 2.75) is 38.6 Å². The van der Waals surface area contributed by atoms with E-state index >= 15 is 0 Å². The molecule has 2 heteroatoms. The normalized spacial score (nSPS) is 27.6. The van der Waals surface area contributed by atoms with E-state index in [1.807, 2.05) is 0 Å². The van der Waals surface area contributed by atoms with E-state index in [4.69, 9.17) is 0 Å². The molecule has 2 unspecified atom stereocenters. The van der Waals surface area contributed by atoms with Gasteiger partial charge in [0, 0.05) is 30.6 Å². The number of ketones is 1. The molecule has 17 heavy (non-hydrogen) atoms. The van der Waals surface area contributed by atoms with Crippen LogP contribution in [0.4, 0.5) is 5.69 Å². The van der Waals surface area contributed by atoms with Crippen molar-refractivity contribution in [3.63, 3.8) is 0 Å². The number of carbonyl (C=O) groups excluding carboxylic acids is 1. The second-order valence-corrected chi connectivity index (χ2v) is 5.27. The van der Waals surface area contributed by atoms with Gasteiger partial charge in [-0.1, -0.05) is 19.1 Å². The number of piperidine rings is 2. The first-order valence-corrected chi connectivity index (χ1v) is 6.66. The van der Waals surface area contributed by atoms with Crippen molar-refractivity contribution in [1.29, 1.82) is 0 Å². The number of carbonyl (C=O) groups is 1. The minimum Gasteiger partial charge on any atom is -0.367 e. The SMILES string of the molecule is CCc1ccc(N2CC3CCC2CC3=O)cc1. The van der Waals surface area contributed by atoms with Gasteiger partial charge in [0.2, 0.25) is 0 Å². The molecule has 1 aromatic carbocycles. The van der Waals surface area contributed by atoms with E-state index in [1.165, 1.54) is 17.7 Å². The highest BCUT2D eigenvalue weighted by Crippen LogP contribution is 2.35. The Labute approximate surface area is 103 Å². The van der Waals surface area contributed by atoms with E-state index in [1.54, 1.807) is 0 Å². The summed E-state index contributed by atoms with van der Waals surface area (Å²) in [5, 5.41) is 0. The third-order valence-electron chi connectivity index (χ3n) is 4.27. The first-order valence-electron chi connectivity index (χ1n) is 6.66. The third-order valence-corrected chi connectivity index (χ3v) is 4.27. The lowest BCUT2D eigenvalue weighted by atomic mass is 9.78. The van der Waals surface area contributed by atoms with Gasteiger partial charge in [0.1, 0.15) is 5.78 Å². The predicted octanol–water partition coefficient (Wildman–Crippen LogP) is 2.81. The van der Waals surface area contributed by atoms with Gasteiger partial charge in [-0.05, 0) is 37.0 Å². The van der Waals surface area contributed by atoms with Crippen LogP contribution in [0.15, 0.2) is 24.3 Å². The van der Waals surface area contributed by atoms with Crippen molar-refractivity contribution in [1.82, 2.24) is 0 Å². The molecule has 1 aliphatic carbocycles. The molecule has 0 aromatic heterocycles. The van der Waals surface area contributed by atoms with E-state index in [0.29, 0.717) is 17.7 Å². The molecule has 4 rings (SSSR count). The highest BCUT2D eigenvalue weighted by molar-refractivity contribution is 5.85. The summed E-state index contributed by atoms with van der Waals surface area (Å²) in [5.41, 5.74) is 2.68. The van der Waals surface area contributed by atoms with Gasteiger partial charge in [-0.15, -0.1) is 0 Å². The number of hydrogen-bond donors (Lipinski definition) is 0. The number of hydrogen-bond acceptors (Lipinski definition) is 2. The highest BCUT2D eigenvalue weighted by atomic mass is 16.1. The Bertz CT molecular complexity index is 423. The van der Waals surface area contributed by atoms with Crippen LogP contribution in [0.5, 0.6) is 0 Å². The van der Waals surface area contributed by atoms with Crippen molar-refractivity contribution in [2.24, 2.45) is 5.92 Å². The summed E-state index contributed by atoms with van der Waals surface area (Å²) >= 11 is 0. The standard InChI is InChI=1S/C15H19NO/c1-2-11-3-6-13(7-4-11)16-10-12-5-8-14(16)9-15(12)17/h3-4,6-7,12,14H,2,5,8-10H2,1H3. The summed E-state index contributed by atoms with van der Waals surface area (Å²) in [5.74, 6) is 0.786. The van der Waals surface area contributed by atoms with Gasteiger partial charge in [0.05, 0.1) is 0 Å². The molecule has 2 atom stereocenters. The van der Waals surface area contributed by atoms with E-state index in [0.717, 1.165) is 25.8 Å². The average Bonchev–Trinajstić information content (AvgIpc) is 2.39. The molecule has 0 amide bonds.